The van der Waals surface area contributed by atoms with Gasteiger partial charge in [0.2, 0.25) is 15.9 Å². The fraction of sp³-hybridized carbons (Fsp3) is 0.588. The van der Waals surface area contributed by atoms with Crippen molar-refractivity contribution in [2.45, 2.75) is 26.2 Å². The van der Waals surface area contributed by atoms with E-state index in [2.05, 4.69) is 6.92 Å². The highest BCUT2D eigenvalue weighted by Crippen LogP contribution is 2.16. The van der Waals surface area contributed by atoms with Crippen LogP contribution in [0.15, 0.2) is 24.3 Å². The Morgan fingerprint density at radius 2 is 1.83 bits per heavy atom. The number of benzene rings is 1. The number of hydrogen-bond acceptors (Lipinski definition) is 3. The van der Waals surface area contributed by atoms with E-state index in [1.54, 1.807) is 17.0 Å². The minimum atomic E-state index is -3.48. The van der Waals surface area contributed by atoms with Gasteiger partial charge in [-0.05, 0) is 42.9 Å². The molecule has 1 fully saturated rings. The summed E-state index contributed by atoms with van der Waals surface area (Å²) in [6.45, 7) is 3.62. The van der Waals surface area contributed by atoms with Gasteiger partial charge in [0, 0.05) is 19.6 Å². The second-order valence-corrected chi connectivity index (χ2v) is 8.52. The zero-order valence-corrected chi connectivity index (χ0v) is 15.1. The lowest BCUT2D eigenvalue weighted by Gasteiger charge is -2.32. The summed E-state index contributed by atoms with van der Waals surface area (Å²) in [6, 6.07) is 5.95. The average molecular weight is 356 g/mol. The van der Waals surface area contributed by atoms with E-state index >= 15 is 0 Å². The molecule has 0 aromatic heterocycles. The Morgan fingerprint density at radius 3 is 2.38 bits per heavy atom. The van der Waals surface area contributed by atoms with Crippen molar-refractivity contribution in [2.24, 2.45) is 5.92 Å². The lowest BCUT2D eigenvalue weighted by molar-refractivity contribution is -0.132. The van der Waals surface area contributed by atoms with Gasteiger partial charge in [0.05, 0.1) is 12.8 Å². The van der Waals surface area contributed by atoms with Gasteiger partial charge in [-0.1, -0.05) is 19.1 Å². The SMILES string of the molecule is CC1CCN(C(=O)CN(CCc2ccc(F)cc2)S(C)(=O)=O)CC1. The zero-order valence-electron chi connectivity index (χ0n) is 14.2. The normalized spacial score (nSPS) is 16.6. The first-order valence-electron chi connectivity index (χ1n) is 8.23. The molecule has 1 aromatic rings. The smallest absolute Gasteiger partial charge is 0.237 e. The van der Waals surface area contributed by atoms with Crippen LogP contribution < -0.4 is 0 Å². The molecule has 24 heavy (non-hydrogen) atoms. The van der Waals surface area contributed by atoms with Gasteiger partial charge in [0.15, 0.2) is 0 Å². The van der Waals surface area contributed by atoms with Gasteiger partial charge in [-0.25, -0.2) is 12.8 Å². The molecular formula is C17H25FN2O3S. The lowest BCUT2D eigenvalue weighted by Crippen LogP contribution is -2.45. The maximum absolute atomic E-state index is 12.9. The molecule has 0 unspecified atom stereocenters. The average Bonchev–Trinajstić information content (AvgIpc) is 2.52. The molecule has 0 N–H and O–H groups in total. The van der Waals surface area contributed by atoms with Gasteiger partial charge in [-0.2, -0.15) is 4.31 Å². The number of carbonyl (C=O) groups is 1. The Kier molecular flexibility index (Phi) is 6.34. The first-order chi connectivity index (χ1) is 11.3. The maximum atomic E-state index is 12.9. The van der Waals surface area contributed by atoms with E-state index in [9.17, 15) is 17.6 Å². The van der Waals surface area contributed by atoms with E-state index in [0.29, 0.717) is 25.4 Å². The Bertz CT molecular complexity index is 653. The fourth-order valence-corrected chi connectivity index (χ4v) is 3.54. The zero-order chi connectivity index (χ0) is 17.7. The van der Waals surface area contributed by atoms with Gasteiger partial charge >= 0.3 is 0 Å². The number of amides is 1. The minimum absolute atomic E-state index is 0.131. The van der Waals surface area contributed by atoms with Crippen molar-refractivity contribution in [3.63, 3.8) is 0 Å². The Balaban J connectivity index is 1.95. The van der Waals surface area contributed by atoms with Gasteiger partial charge in [-0.3, -0.25) is 4.79 Å². The number of halogens is 1. The summed E-state index contributed by atoms with van der Waals surface area (Å²) in [5.74, 6) is 0.137. The summed E-state index contributed by atoms with van der Waals surface area (Å²) in [5.41, 5.74) is 0.837. The maximum Gasteiger partial charge on any atom is 0.237 e. The monoisotopic (exact) mass is 356 g/mol. The number of likely N-dealkylation sites (tertiary alicyclic amines) is 1. The van der Waals surface area contributed by atoms with Crippen molar-refractivity contribution >= 4 is 15.9 Å². The highest BCUT2D eigenvalue weighted by Gasteiger charge is 2.25. The molecule has 1 saturated heterocycles. The molecule has 1 aromatic carbocycles. The minimum Gasteiger partial charge on any atom is -0.342 e. The highest BCUT2D eigenvalue weighted by atomic mass is 32.2. The van der Waals surface area contributed by atoms with Crippen LogP contribution in [-0.2, 0) is 21.2 Å². The second kappa shape index (κ2) is 8.07. The number of sulfonamides is 1. The molecule has 0 aliphatic carbocycles. The summed E-state index contributed by atoms with van der Waals surface area (Å²) >= 11 is 0. The first-order valence-corrected chi connectivity index (χ1v) is 10.1. The van der Waals surface area contributed by atoms with E-state index in [1.165, 1.54) is 16.4 Å². The van der Waals surface area contributed by atoms with Gasteiger partial charge in [-0.15, -0.1) is 0 Å². The Labute approximate surface area is 143 Å². The molecule has 7 heteroatoms. The van der Waals surface area contributed by atoms with Crippen LogP contribution in [0.1, 0.15) is 25.3 Å². The van der Waals surface area contributed by atoms with Crippen molar-refractivity contribution in [1.29, 1.82) is 0 Å². The molecule has 2 rings (SSSR count). The molecule has 5 nitrogen and oxygen atoms in total. The van der Waals surface area contributed by atoms with Crippen molar-refractivity contribution in [1.82, 2.24) is 9.21 Å². The van der Waals surface area contributed by atoms with Crippen LogP contribution in [0.3, 0.4) is 0 Å². The summed E-state index contributed by atoms with van der Waals surface area (Å²) in [4.78, 5) is 14.1. The molecule has 1 aliphatic rings. The van der Waals surface area contributed by atoms with Crippen LogP contribution in [-0.4, -0.2) is 56.0 Å². The lowest BCUT2D eigenvalue weighted by atomic mass is 9.99. The van der Waals surface area contributed by atoms with E-state index < -0.39 is 10.0 Å². The van der Waals surface area contributed by atoms with Gasteiger partial charge in [0.25, 0.3) is 0 Å². The van der Waals surface area contributed by atoms with Gasteiger partial charge < -0.3 is 4.90 Å². The quantitative estimate of drug-likeness (QED) is 0.782. The summed E-state index contributed by atoms with van der Waals surface area (Å²) in [7, 11) is -3.48. The molecule has 134 valence electrons. The number of hydrogen-bond donors (Lipinski definition) is 0. The van der Waals surface area contributed by atoms with Crippen molar-refractivity contribution in [3.8, 4) is 0 Å². The van der Waals surface area contributed by atoms with E-state index in [0.717, 1.165) is 24.7 Å². The topological polar surface area (TPSA) is 57.7 Å². The predicted molar refractivity (Wildman–Crippen MR) is 91.5 cm³/mol. The van der Waals surface area contributed by atoms with Crippen molar-refractivity contribution < 1.29 is 17.6 Å². The van der Waals surface area contributed by atoms with E-state index in [-0.39, 0.29) is 24.8 Å². The predicted octanol–water partition coefficient (Wildman–Crippen LogP) is 1.89. The standard InChI is InChI=1S/C17H25FN2O3S/c1-14-7-10-19(11-8-14)17(21)13-20(24(2,22)23)12-9-15-3-5-16(18)6-4-15/h3-6,14H,7-13H2,1-2H3. The van der Waals surface area contributed by atoms with Crippen LogP contribution in [0.5, 0.6) is 0 Å². The van der Waals surface area contributed by atoms with Crippen molar-refractivity contribution in [2.75, 3.05) is 32.4 Å². The largest absolute Gasteiger partial charge is 0.342 e. The summed E-state index contributed by atoms with van der Waals surface area (Å²) in [6.07, 6.45) is 3.47. The molecular weight excluding hydrogens is 331 g/mol. The second-order valence-electron chi connectivity index (χ2n) is 6.54. The molecule has 1 amide bonds. The van der Waals surface area contributed by atoms with Crippen molar-refractivity contribution in [3.05, 3.63) is 35.6 Å². The van der Waals surface area contributed by atoms with Crippen LogP contribution in [0, 0.1) is 11.7 Å². The fourth-order valence-electron chi connectivity index (χ4n) is 2.78. The third-order valence-corrected chi connectivity index (χ3v) is 5.73. The van der Waals surface area contributed by atoms with Crippen LogP contribution in [0.2, 0.25) is 0 Å². The molecule has 1 heterocycles. The van der Waals surface area contributed by atoms with E-state index in [4.69, 9.17) is 0 Å². The number of carbonyl (C=O) groups excluding carboxylic acids is 1. The molecule has 1 aliphatic heterocycles. The number of piperidine rings is 1. The number of rotatable bonds is 6. The molecule has 0 radical (unpaired) electrons. The van der Waals surface area contributed by atoms with Crippen LogP contribution in [0.4, 0.5) is 4.39 Å². The molecule has 0 saturated carbocycles. The highest BCUT2D eigenvalue weighted by molar-refractivity contribution is 7.88. The summed E-state index contributed by atoms with van der Waals surface area (Å²) in [5, 5.41) is 0. The first kappa shape index (κ1) is 18.9. The van der Waals surface area contributed by atoms with Gasteiger partial charge in [0.1, 0.15) is 5.82 Å². The third kappa shape index (κ3) is 5.56. The van der Waals surface area contributed by atoms with Crippen LogP contribution in [0.25, 0.3) is 0 Å². The van der Waals surface area contributed by atoms with E-state index in [1.807, 2.05) is 0 Å². The summed E-state index contributed by atoms with van der Waals surface area (Å²) < 4.78 is 38.1. The number of nitrogens with zero attached hydrogens (tertiary/aromatic N) is 2. The molecule has 0 atom stereocenters. The molecule has 0 spiro atoms. The Morgan fingerprint density at radius 1 is 1.25 bits per heavy atom. The third-order valence-electron chi connectivity index (χ3n) is 4.48. The molecule has 0 bridgehead atoms. The van der Waals surface area contributed by atoms with Crippen LogP contribution >= 0.6 is 0 Å². The Hall–Kier alpha value is -1.47.